The molecule has 0 aliphatic carbocycles. The van der Waals surface area contributed by atoms with Gasteiger partial charge in [-0.05, 0) is 37.6 Å². The summed E-state index contributed by atoms with van der Waals surface area (Å²) in [5.74, 6) is -0.300. The number of carbonyl (C=O) groups excluding carboxylic acids is 2. The van der Waals surface area contributed by atoms with Crippen molar-refractivity contribution in [2.24, 2.45) is 5.92 Å². The summed E-state index contributed by atoms with van der Waals surface area (Å²) >= 11 is 0. The van der Waals surface area contributed by atoms with E-state index in [0.29, 0.717) is 16.8 Å². The lowest BCUT2D eigenvalue weighted by atomic mass is 9.96. The molecule has 114 valence electrons. The van der Waals surface area contributed by atoms with Crippen molar-refractivity contribution in [1.82, 2.24) is 0 Å². The van der Waals surface area contributed by atoms with Crippen LogP contribution in [-0.4, -0.2) is 11.7 Å². The van der Waals surface area contributed by atoms with E-state index in [2.05, 4.69) is 5.32 Å². The molecule has 1 amide bonds. The second-order valence-corrected chi connectivity index (χ2v) is 5.84. The van der Waals surface area contributed by atoms with Crippen LogP contribution >= 0.6 is 0 Å². The molecule has 0 heterocycles. The van der Waals surface area contributed by atoms with Crippen molar-refractivity contribution in [2.45, 2.75) is 27.7 Å². The van der Waals surface area contributed by atoms with Gasteiger partial charge in [0.1, 0.15) is 0 Å². The molecule has 3 nitrogen and oxygen atoms in total. The number of ketones is 1. The Labute approximate surface area is 131 Å². The zero-order chi connectivity index (χ0) is 16.3. The Hall–Kier alpha value is -2.42. The van der Waals surface area contributed by atoms with E-state index in [4.69, 9.17) is 0 Å². The van der Waals surface area contributed by atoms with Gasteiger partial charge in [0.25, 0.3) is 0 Å². The predicted molar refractivity (Wildman–Crippen MR) is 89.3 cm³/mol. The summed E-state index contributed by atoms with van der Waals surface area (Å²) in [5.41, 5.74) is 3.72. The van der Waals surface area contributed by atoms with E-state index in [1.54, 1.807) is 12.1 Å². The van der Waals surface area contributed by atoms with Crippen LogP contribution in [0.5, 0.6) is 0 Å². The van der Waals surface area contributed by atoms with Crippen LogP contribution in [-0.2, 0) is 4.79 Å². The third-order valence-electron chi connectivity index (χ3n) is 3.59. The van der Waals surface area contributed by atoms with E-state index in [-0.39, 0.29) is 17.6 Å². The molecular weight excluding hydrogens is 274 g/mol. The molecule has 0 aliphatic heterocycles. The largest absolute Gasteiger partial charge is 0.325 e. The highest BCUT2D eigenvalue weighted by atomic mass is 16.2. The molecule has 3 heteroatoms. The Balaban J connectivity index is 2.42. The van der Waals surface area contributed by atoms with Gasteiger partial charge in [0.05, 0.1) is 5.69 Å². The number of nitrogens with one attached hydrogen (secondary N) is 1. The Morgan fingerprint density at radius 3 is 2.32 bits per heavy atom. The lowest BCUT2D eigenvalue weighted by molar-refractivity contribution is -0.118. The van der Waals surface area contributed by atoms with Gasteiger partial charge in [-0.1, -0.05) is 43.7 Å². The van der Waals surface area contributed by atoms with Crippen molar-refractivity contribution >= 4 is 17.4 Å². The summed E-state index contributed by atoms with van der Waals surface area (Å²) in [6.07, 6.45) is 0. The van der Waals surface area contributed by atoms with Gasteiger partial charge >= 0.3 is 0 Å². The fraction of sp³-hybridized carbons (Fsp3) is 0.263. The third-order valence-corrected chi connectivity index (χ3v) is 3.59. The van der Waals surface area contributed by atoms with E-state index in [9.17, 15) is 9.59 Å². The van der Waals surface area contributed by atoms with Gasteiger partial charge in [-0.15, -0.1) is 0 Å². The second kappa shape index (κ2) is 6.56. The minimum atomic E-state index is -0.135. The number of hydrogen-bond donors (Lipinski definition) is 1. The Kier molecular flexibility index (Phi) is 4.76. The standard InChI is InChI=1S/C19H21NO2/c1-12(2)19(22)20-17-8-6-5-7-15(17)18(21)16-11-13(3)9-10-14(16)4/h5-12H,1-4H3,(H,20,22). The summed E-state index contributed by atoms with van der Waals surface area (Å²) < 4.78 is 0. The van der Waals surface area contributed by atoms with Gasteiger partial charge in [0, 0.05) is 17.0 Å². The highest BCUT2D eigenvalue weighted by molar-refractivity contribution is 6.14. The second-order valence-electron chi connectivity index (χ2n) is 5.84. The Morgan fingerprint density at radius 1 is 0.955 bits per heavy atom. The molecule has 0 atom stereocenters. The number of para-hydroxylation sites is 1. The first-order chi connectivity index (χ1) is 10.4. The highest BCUT2D eigenvalue weighted by Crippen LogP contribution is 2.22. The zero-order valence-electron chi connectivity index (χ0n) is 13.4. The molecule has 0 spiro atoms. The van der Waals surface area contributed by atoms with Gasteiger partial charge in [-0.3, -0.25) is 9.59 Å². The van der Waals surface area contributed by atoms with Crippen LogP contribution in [0.1, 0.15) is 40.9 Å². The zero-order valence-corrected chi connectivity index (χ0v) is 13.4. The van der Waals surface area contributed by atoms with Gasteiger partial charge in [0.15, 0.2) is 5.78 Å². The third kappa shape index (κ3) is 3.42. The van der Waals surface area contributed by atoms with E-state index < -0.39 is 0 Å². The lowest BCUT2D eigenvalue weighted by Crippen LogP contribution is -2.20. The molecule has 0 saturated heterocycles. The molecule has 2 aromatic carbocycles. The summed E-state index contributed by atoms with van der Waals surface area (Å²) in [6, 6.07) is 13.0. The first kappa shape index (κ1) is 16.0. The molecule has 0 radical (unpaired) electrons. The predicted octanol–water partition coefficient (Wildman–Crippen LogP) is 4.13. The molecule has 0 fully saturated rings. The van der Waals surface area contributed by atoms with E-state index in [1.807, 2.05) is 58.0 Å². The molecule has 22 heavy (non-hydrogen) atoms. The molecule has 0 aromatic heterocycles. The fourth-order valence-corrected chi connectivity index (χ4v) is 2.19. The molecule has 0 saturated carbocycles. The molecule has 0 aliphatic rings. The number of rotatable bonds is 4. The normalized spacial score (nSPS) is 10.6. The van der Waals surface area contributed by atoms with Crippen LogP contribution in [0, 0.1) is 19.8 Å². The van der Waals surface area contributed by atoms with Crippen molar-refractivity contribution in [3.63, 3.8) is 0 Å². The Morgan fingerprint density at radius 2 is 1.64 bits per heavy atom. The van der Waals surface area contributed by atoms with Crippen molar-refractivity contribution in [1.29, 1.82) is 0 Å². The molecule has 2 rings (SSSR count). The number of aryl methyl sites for hydroxylation is 2. The molecule has 1 N–H and O–H groups in total. The average Bonchev–Trinajstić information content (AvgIpc) is 2.49. The first-order valence-electron chi connectivity index (χ1n) is 7.42. The quantitative estimate of drug-likeness (QED) is 0.862. The maximum Gasteiger partial charge on any atom is 0.226 e. The summed E-state index contributed by atoms with van der Waals surface area (Å²) in [7, 11) is 0. The summed E-state index contributed by atoms with van der Waals surface area (Å²) in [6.45, 7) is 7.53. The number of amides is 1. The van der Waals surface area contributed by atoms with E-state index >= 15 is 0 Å². The smallest absolute Gasteiger partial charge is 0.226 e. The van der Waals surface area contributed by atoms with Crippen LogP contribution in [0.2, 0.25) is 0 Å². The van der Waals surface area contributed by atoms with Crippen LogP contribution in [0.15, 0.2) is 42.5 Å². The number of benzene rings is 2. The van der Waals surface area contributed by atoms with Crippen molar-refractivity contribution in [3.05, 3.63) is 64.7 Å². The number of anilines is 1. The van der Waals surface area contributed by atoms with Gasteiger partial charge in [-0.2, -0.15) is 0 Å². The van der Waals surface area contributed by atoms with Crippen LogP contribution in [0.4, 0.5) is 5.69 Å². The Bertz CT molecular complexity index is 717. The number of carbonyl (C=O) groups is 2. The molecule has 0 bridgehead atoms. The monoisotopic (exact) mass is 295 g/mol. The van der Waals surface area contributed by atoms with E-state index in [0.717, 1.165) is 11.1 Å². The molecule has 2 aromatic rings. The van der Waals surface area contributed by atoms with Crippen molar-refractivity contribution < 1.29 is 9.59 Å². The SMILES string of the molecule is Cc1ccc(C)c(C(=O)c2ccccc2NC(=O)C(C)C)c1. The van der Waals surface area contributed by atoms with Gasteiger partial charge in [0.2, 0.25) is 5.91 Å². The van der Waals surface area contributed by atoms with Gasteiger partial charge in [-0.25, -0.2) is 0 Å². The fourth-order valence-electron chi connectivity index (χ4n) is 2.19. The maximum atomic E-state index is 12.8. The lowest BCUT2D eigenvalue weighted by Gasteiger charge is -2.13. The maximum absolute atomic E-state index is 12.8. The summed E-state index contributed by atoms with van der Waals surface area (Å²) in [5, 5.41) is 2.83. The van der Waals surface area contributed by atoms with Crippen LogP contribution in [0.3, 0.4) is 0 Å². The van der Waals surface area contributed by atoms with Crippen molar-refractivity contribution in [2.75, 3.05) is 5.32 Å². The minimum absolute atomic E-state index is 0.0687. The minimum Gasteiger partial charge on any atom is -0.325 e. The first-order valence-corrected chi connectivity index (χ1v) is 7.42. The summed E-state index contributed by atoms with van der Waals surface area (Å²) in [4.78, 5) is 24.8. The van der Waals surface area contributed by atoms with Gasteiger partial charge < -0.3 is 5.32 Å². The number of hydrogen-bond acceptors (Lipinski definition) is 2. The highest BCUT2D eigenvalue weighted by Gasteiger charge is 2.17. The molecular formula is C19H21NO2. The average molecular weight is 295 g/mol. The molecule has 0 unspecified atom stereocenters. The van der Waals surface area contributed by atoms with E-state index in [1.165, 1.54) is 0 Å². The van der Waals surface area contributed by atoms with Crippen LogP contribution in [0.25, 0.3) is 0 Å². The topological polar surface area (TPSA) is 46.2 Å². The van der Waals surface area contributed by atoms with Crippen LogP contribution < -0.4 is 5.32 Å². The van der Waals surface area contributed by atoms with Crippen molar-refractivity contribution in [3.8, 4) is 0 Å².